The smallest absolute Gasteiger partial charge is 0.254 e. The fraction of sp³-hybridized carbons (Fsp3) is 0.400. The zero-order valence-electron chi connectivity index (χ0n) is 15.8. The first-order valence-electron chi connectivity index (χ1n) is 8.99. The lowest BCUT2D eigenvalue weighted by atomic mass is 10.1. The van der Waals surface area contributed by atoms with E-state index in [4.69, 9.17) is 9.15 Å². The van der Waals surface area contributed by atoms with Gasteiger partial charge in [0.25, 0.3) is 5.91 Å². The second-order valence-corrected chi connectivity index (χ2v) is 6.63. The van der Waals surface area contributed by atoms with Gasteiger partial charge in [0.2, 0.25) is 5.91 Å². The van der Waals surface area contributed by atoms with Crippen LogP contribution in [0.15, 0.2) is 47.1 Å². The number of carbonyl (C=O) groups excluding carboxylic acids is 2. The molecule has 3 rings (SSSR count). The molecule has 7 heteroatoms. The van der Waals surface area contributed by atoms with Crippen molar-refractivity contribution >= 4 is 11.8 Å². The summed E-state index contributed by atoms with van der Waals surface area (Å²) in [6, 6.07) is 10.8. The second kappa shape index (κ2) is 8.73. The molecule has 1 saturated heterocycles. The summed E-state index contributed by atoms with van der Waals surface area (Å²) >= 11 is 0. The predicted molar refractivity (Wildman–Crippen MR) is 101 cm³/mol. The SMILES string of the molecule is COc1cccc(C(=O)N2CCN(CC(=O)N(C)Cc3ccco3)CC2)c1. The molecule has 2 amide bonds. The van der Waals surface area contributed by atoms with E-state index in [1.165, 1.54) is 0 Å². The molecule has 0 radical (unpaired) electrons. The van der Waals surface area contributed by atoms with Gasteiger partial charge in [-0.25, -0.2) is 0 Å². The van der Waals surface area contributed by atoms with Crippen molar-refractivity contribution in [2.24, 2.45) is 0 Å². The van der Waals surface area contributed by atoms with Crippen LogP contribution in [0.2, 0.25) is 0 Å². The molecule has 7 nitrogen and oxygen atoms in total. The number of methoxy groups -OCH3 is 1. The van der Waals surface area contributed by atoms with Crippen LogP contribution in [0, 0.1) is 0 Å². The number of hydrogen-bond donors (Lipinski definition) is 0. The van der Waals surface area contributed by atoms with Gasteiger partial charge in [0.05, 0.1) is 26.5 Å². The number of amides is 2. The van der Waals surface area contributed by atoms with Gasteiger partial charge < -0.3 is 19.0 Å². The van der Waals surface area contributed by atoms with Gasteiger partial charge >= 0.3 is 0 Å². The Bertz CT molecular complexity index is 767. The number of furan rings is 1. The average molecular weight is 371 g/mol. The number of benzene rings is 1. The topological polar surface area (TPSA) is 66.2 Å². The van der Waals surface area contributed by atoms with Crippen molar-refractivity contribution in [1.82, 2.24) is 14.7 Å². The Morgan fingerprint density at radius 1 is 1.15 bits per heavy atom. The van der Waals surface area contributed by atoms with Crippen molar-refractivity contribution in [2.45, 2.75) is 6.54 Å². The van der Waals surface area contributed by atoms with Crippen molar-refractivity contribution < 1.29 is 18.7 Å². The summed E-state index contributed by atoms with van der Waals surface area (Å²) in [6.45, 7) is 3.36. The molecule has 1 aliphatic heterocycles. The molecule has 1 aromatic heterocycles. The van der Waals surface area contributed by atoms with Crippen molar-refractivity contribution in [3.8, 4) is 5.75 Å². The summed E-state index contributed by atoms with van der Waals surface area (Å²) in [7, 11) is 3.36. The number of hydrogen-bond acceptors (Lipinski definition) is 5. The van der Waals surface area contributed by atoms with Crippen LogP contribution in [-0.2, 0) is 11.3 Å². The molecule has 0 atom stereocenters. The lowest BCUT2D eigenvalue weighted by Crippen LogP contribution is -2.51. The third-order valence-electron chi connectivity index (χ3n) is 4.73. The first-order valence-corrected chi connectivity index (χ1v) is 8.99. The van der Waals surface area contributed by atoms with Gasteiger partial charge in [0, 0.05) is 38.8 Å². The van der Waals surface area contributed by atoms with Crippen molar-refractivity contribution in [2.75, 3.05) is 46.9 Å². The highest BCUT2D eigenvalue weighted by atomic mass is 16.5. The van der Waals surface area contributed by atoms with E-state index in [2.05, 4.69) is 4.90 Å². The minimum absolute atomic E-state index is 0.00480. The Balaban J connectivity index is 1.48. The Morgan fingerprint density at radius 3 is 2.59 bits per heavy atom. The summed E-state index contributed by atoms with van der Waals surface area (Å²) in [6.07, 6.45) is 1.60. The Hall–Kier alpha value is -2.80. The number of rotatable bonds is 6. The van der Waals surface area contributed by atoms with E-state index in [0.29, 0.717) is 50.6 Å². The lowest BCUT2D eigenvalue weighted by Gasteiger charge is -2.35. The molecule has 1 aromatic carbocycles. The predicted octanol–water partition coefficient (Wildman–Crippen LogP) is 1.70. The Morgan fingerprint density at radius 2 is 1.93 bits per heavy atom. The number of ether oxygens (including phenoxy) is 1. The molecule has 0 aliphatic carbocycles. The first kappa shape index (κ1) is 19.0. The van der Waals surface area contributed by atoms with E-state index < -0.39 is 0 Å². The van der Waals surface area contributed by atoms with Gasteiger partial charge in [0.15, 0.2) is 0 Å². The van der Waals surface area contributed by atoms with Crippen LogP contribution >= 0.6 is 0 Å². The number of carbonyl (C=O) groups is 2. The van der Waals surface area contributed by atoms with Crippen molar-refractivity contribution in [1.29, 1.82) is 0 Å². The fourth-order valence-electron chi connectivity index (χ4n) is 3.08. The highest BCUT2D eigenvalue weighted by molar-refractivity contribution is 5.94. The minimum atomic E-state index is -0.00480. The maximum atomic E-state index is 12.6. The highest BCUT2D eigenvalue weighted by Crippen LogP contribution is 2.15. The van der Waals surface area contributed by atoms with Crippen LogP contribution < -0.4 is 4.74 Å². The summed E-state index contributed by atoms with van der Waals surface area (Å²) in [5, 5.41) is 0. The maximum Gasteiger partial charge on any atom is 0.254 e. The van der Waals surface area contributed by atoms with Gasteiger partial charge in [0.1, 0.15) is 11.5 Å². The molecule has 0 unspecified atom stereocenters. The molecule has 2 aromatic rings. The standard InChI is InChI=1S/C20H25N3O4/c1-21(14-18-7-4-12-27-18)19(24)15-22-8-10-23(11-9-22)20(25)16-5-3-6-17(13-16)26-2/h3-7,12-13H,8-11,14-15H2,1-2H3. The Labute approximate surface area is 159 Å². The van der Waals surface area contributed by atoms with E-state index in [9.17, 15) is 9.59 Å². The van der Waals surface area contributed by atoms with E-state index in [-0.39, 0.29) is 11.8 Å². The summed E-state index contributed by atoms with van der Waals surface area (Å²) in [4.78, 5) is 30.6. The van der Waals surface area contributed by atoms with Gasteiger partial charge in [-0.3, -0.25) is 14.5 Å². The molecular weight excluding hydrogens is 346 g/mol. The van der Waals surface area contributed by atoms with Gasteiger partial charge in [-0.15, -0.1) is 0 Å². The summed E-state index contributed by atoms with van der Waals surface area (Å²) in [5.74, 6) is 1.47. The van der Waals surface area contributed by atoms with Crippen molar-refractivity contribution in [3.05, 3.63) is 54.0 Å². The van der Waals surface area contributed by atoms with Crippen molar-refractivity contribution in [3.63, 3.8) is 0 Å². The molecule has 0 saturated carbocycles. The third-order valence-corrected chi connectivity index (χ3v) is 4.73. The maximum absolute atomic E-state index is 12.6. The molecular formula is C20H25N3O4. The second-order valence-electron chi connectivity index (χ2n) is 6.63. The molecule has 0 N–H and O–H groups in total. The minimum Gasteiger partial charge on any atom is -0.497 e. The lowest BCUT2D eigenvalue weighted by molar-refractivity contribution is -0.132. The van der Waals surface area contributed by atoms with E-state index in [1.807, 2.05) is 29.2 Å². The fourth-order valence-corrected chi connectivity index (χ4v) is 3.08. The molecule has 0 bridgehead atoms. The molecule has 2 heterocycles. The van der Waals surface area contributed by atoms with Gasteiger partial charge in [-0.05, 0) is 30.3 Å². The van der Waals surface area contributed by atoms with Crippen LogP contribution in [0.5, 0.6) is 5.75 Å². The number of piperazine rings is 1. The van der Waals surface area contributed by atoms with Crippen LogP contribution in [-0.4, -0.2) is 73.4 Å². The Kier molecular flexibility index (Phi) is 6.13. The molecule has 0 spiro atoms. The number of nitrogens with zero attached hydrogens (tertiary/aromatic N) is 3. The molecule has 27 heavy (non-hydrogen) atoms. The number of likely N-dealkylation sites (N-methyl/N-ethyl adjacent to an activating group) is 1. The highest BCUT2D eigenvalue weighted by Gasteiger charge is 2.24. The molecule has 1 fully saturated rings. The van der Waals surface area contributed by atoms with Crippen LogP contribution in [0.25, 0.3) is 0 Å². The summed E-state index contributed by atoms with van der Waals surface area (Å²) in [5.41, 5.74) is 0.622. The first-order chi connectivity index (χ1) is 13.1. The zero-order valence-corrected chi connectivity index (χ0v) is 15.8. The quantitative estimate of drug-likeness (QED) is 0.773. The monoisotopic (exact) mass is 371 g/mol. The van der Waals surface area contributed by atoms with E-state index in [1.54, 1.807) is 37.5 Å². The van der Waals surface area contributed by atoms with Crippen LogP contribution in [0.4, 0.5) is 0 Å². The van der Waals surface area contributed by atoms with Crippen LogP contribution in [0.3, 0.4) is 0 Å². The van der Waals surface area contributed by atoms with Gasteiger partial charge in [-0.1, -0.05) is 6.07 Å². The summed E-state index contributed by atoms with van der Waals surface area (Å²) < 4.78 is 10.5. The molecule has 1 aliphatic rings. The average Bonchev–Trinajstić information content (AvgIpc) is 3.21. The third kappa shape index (κ3) is 4.89. The molecule has 144 valence electrons. The largest absolute Gasteiger partial charge is 0.497 e. The van der Waals surface area contributed by atoms with E-state index >= 15 is 0 Å². The normalized spacial score (nSPS) is 14.8. The van der Waals surface area contributed by atoms with Crippen LogP contribution in [0.1, 0.15) is 16.1 Å². The van der Waals surface area contributed by atoms with E-state index in [0.717, 1.165) is 5.76 Å². The van der Waals surface area contributed by atoms with Gasteiger partial charge in [-0.2, -0.15) is 0 Å². The zero-order chi connectivity index (χ0) is 19.2.